The zero-order valence-corrected chi connectivity index (χ0v) is 19.1. The third kappa shape index (κ3) is 5.60. The van der Waals surface area contributed by atoms with Crippen LogP contribution in [0.2, 0.25) is 5.02 Å². The Labute approximate surface area is 193 Å². The lowest BCUT2D eigenvalue weighted by Crippen LogP contribution is -2.44. The maximum atomic E-state index is 12.7. The molecular formula is C26H31ClF3NO. The second kappa shape index (κ2) is 10.0. The molecule has 2 fully saturated rings. The number of alkyl halides is 3. The molecule has 0 spiro atoms. The monoisotopic (exact) mass is 465 g/mol. The number of likely N-dealkylation sites (tertiary alicyclic amines) is 1. The van der Waals surface area contributed by atoms with Crippen LogP contribution in [-0.2, 0) is 11.6 Å². The molecule has 2 aliphatic rings. The third-order valence-electron chi connectivity index (χ3n) is 7.30. The highest BCUT2D eigenvalue weighted by Crippen LogP contribution is 2.47. The highest BCUT2D eigenvalue weighted by atomic mass is 35.5. The standard InChI is InChI=1S/C26H31ClF3NO/c27-22-9-5-20(6-10-22)25(14-3-15-25)16-18-31-17-2-1-4-23(31)13-19-32-24-11-7-21(8-12-24)26(28,29)30/h5-12,23H,1-4,13-19H2. The first-order chi connectivity index (χ1) is 15.4. The first kappa shape index (κ1) is 23.4. The van der Waals surface area contributed by atoms with Gasteiger partial charge >= 0.3 is 6.18 Å². The Morgan fingerprint density at radius 1 is 0.969 bits per heavy atom. The lowest BCUT2D eigenvalue weighted by Gasteiger charge is -2.45. The van der Waals surface area contributed by atoms with E-state index in [0.717, 1.165) is 49.5 Å². The fourth-order valence-corrected chi connectivity index (χ4v) is 5.31. The Kier molecular flexibility index (Phi) is 7.36. The molecule has 1 aliphatic carbocycles. The van der Waals surface area contributed by atoms with E-state index in [9.17, 15) is 13.2 Å². The van der Waals surface area contributed by atoms with Gasteiger partial charge in [0, 0.05) is 11.1 Å². The number of nitrogens with zero attached hydrogens (tertiary/aromatic N) is 1. The van der Waals surface area contributed by atoms with E-state index in [2.05, 4.69) is 17.0 Å². The molecule has 32 heavy (non-hydrogen) atoms. The van der Waals surface area contributed by atoms with Crippen molar-refractivity contribution in [1.82, 2.24) is 4.90 Å². The molecule has 1 aliphatic heterocycles. The van der Waals surface area contributed by atoms with E-state index in [4.69, 9.17) is 16.3 Å². The molecule has 174 valence electrons. The Bertz CT molecular complexity index is 862. The van der Waals surface area contributed by atoms with Gasteiger partial charge in [0.05, 0.1) is 12.2 Å². The smallest absolute Gasteiger partial charge is 0.416 e. The van der Waals surface area contributed by atoms with Crippen LogP contribution in [0.15, 0.2) is 48.5 Å². The Hall–Kier alpha value is -1.72. The van der Waals surface area contributed by atoms with Crippen LogP contribution in [0, 0.1) is 0 Å². The van der Waals surface area contributed by atoms with E-state index in [0.29, 0.717) is 18.4 Å². The summed E-state index contributed by atoms with van der Waals surface area (Å²) in [4.78, 5) is 2.61. The van der Waals surface area contributed by atoms with E-state index in [-0.39, 0.29) is 5.41 Å². The van der Waals surface area contributed by atoms with E-state index in [1.54, 1.807) is 0 Å². The van der Waals surface area contributed by atoms with Crippen LogP contribution in [0.1, 0.15) is 62.5 Å². The molecule has 2 aromatic rings. The summed E-state index contributed by atoms with van der Waals surface area (Å²) in [6.07, 6.45) is 5.12. The quantitative estimate of drug-likeness (QED) is 0.400. The van der Waals surface area contributed by atoms with Crippen LogP contribution in [0.5, 0.6) is 5.75 Å². The van der Waals surface area contributed by atoms with Crippen LogP contribution >= 0.6 is 11.6 Å². The van der Waals surface area contributed by atoms with Crippen LogP contribution < -0.4 is 4.74 Å². The number of piperidine rings is 1. The molecule has 1 unspecified atom stereocenters. The van der Waals surface area contributed by atoms with Gasteiger partial charge in [-0.05, 0) is 99.0 Å². The molecule has 1 heterocycles. The largest absolute Gasteiger partial charge is 0.494 e. The molecule has 1 saturated carbocycles. The summed E-state index contributed by atoms with van der Waals surface area (Å²) in [6, 6.07) is 13.8. The topological polar surface area (TPSA) is 12.5 Å². The van der Waals surface area contributed by atoms with Gasteiger partial charge in [-0.25, -0.2) is 0 Å². The van der Waals surface area contributed by atoms with Gasteiger partial charge < -0.3 is 9.64 Å². The van der Waals surface area contributed by atoms with Gasteiger partial charge in [0.1, 0.15) is 5.75 Å². The zero-order valence-electron chi connectivity index (χ0n) is 18.3. The lowest BCUT2D eigenvalue weighted by atomic mass is 9.62. The Morgan fingerprint density at radius 2 is 1.69 bits per heavy atom. The van der Waals surface area contributed by atoms with Crippen molar-refractivity contribution < 1.29 is 17.9 Å². The van der Waals surface area contributed by atoms with Crippen LogP contribution in [0.4, 0.5) is 13.2 Å². The van der Waals surface area contributed by atoms with Crippen molar-refractivity contribution in [2.24, 2.45) is 0 Å². The normalized spacial score (nSPS) is 21.2. The number of hydrogen-bond acceptors (Lipinski definition) is 2. The molecule has 4 rings (SSSR count). The van der Waals surface area contributed by atoms with Gasteiger partial charge in [-0.3, -0.25) is 0 Å². The maximum absolute atomic E-state index is 12.7. The summed E-state index contributed by atoms with van der Waals surface area (Å²) in [5, 5.41) is 0.785. The van der Waals surface area contributed by atoms with Crippen molar-refractivity contribution in [2.75, 3.05) is 19.7 Å². The molecule has 0 aromatic heterocycles. The number of benzene rings is 2. The molecule has 2 aromatic carbocycles. The Morgan fingerprint density at radius 3 is 2.31 bits per heavy atom. The molecule has 0 bridgehead atoms. The predicted molar refractivity (Wildman–Crippen MR) is 122 cm³/mol. The van der Waals surface area contributed by atoms with E-state index < -0.39 is 11.7 Å². The summed E-state index contributed by atoms with van der Waals surface area (Å²) in [6.45, 7) is 2.71. The highest BCUT2D eigenvalue weighted by molar-refractivity contribution is 6.30. The van der Waals surface area contributed by atoms with Gasteiger partial charge in [0.15, 0.2) is 0 Å². The molecule has 6 heteroatoms. The molecule has 1 saturated heterocycles. The molecule has 0 amide bonds. The van der Waals surface area contributed by atoms with E-state index in [1.807, 2.05) is 12.1 Å². The summed E-state index contributed by atoms with van der Waals surface area (Å²) < 4.78 is 43.9. The van der Waals surface area contributed by atoms with Crippen molar-refractivity contribution in [3.63, 3.8) is 0 Å². The number of ether oxygens (including phenoxy) is 1. The van der Waals surface area contributed by atoms with Crippen LogP contribution in [0.25, 0.3) is 0 Å². The van der Waals surface area contributed by atoms with Crippen molar-refractivity contribution in [3.05, 3.63) is 64.7 Å². The zero-order chi connectivity index (χ0) is 22.6. The number of hydrogen-bond donors (Lipinski definition) is 0. The first-order valence-corrected chi connectivity index (χ1v) is 12.0. The van der Waals surface area contributed by atoms with E-state index >= 15 is 0 Å². The van der Waals surface area contributed by atoms with Gasteiger partial charge in [0.25, 0.3) is 0 Å². The lowest BCUT2D eigenvalue weighted by molar-refractivity contribution is -0.137. The third-order valence-corrected chi connectivity index (χ3v) is 7.55. The molecule has 0 radical (unpaired) electrons. The van der Waals surface area contributed by atoms with Crippen molar-refractivity contribution in [1.29, 1.82) is 0 Å². The van der Waals surface area contributed by atoms with Gasteiger partial charge in [-0.15, -0.1) is 0 Å². The van der Waals surface area contributed by atoms with Gasteiger partial charge in [-0.1, -0.05) is 36.6 Å². The fourth-order valence-electron chi connectivity index (χ4n) is 5.18. The van der Waals surface area contributed by atoms with Crippen LogP contribution in [-0.4, -0.2) is 30.6 Å². The number of rotatable bonds is 8. The predicted octanol–water partition coefficient (Wildman–Crippen LogP) is 7.49. The van der Waals surface area contributed by atoms with E-state index in [1.165, 1.54) is 49.8 Å². The molecular weight excluding hydrogens is 435 g/mol. The minimum Gasteiger partial charge on any atom is -0.494 e. The highest BCUT2D eigenvalue weighted by Gasteiger charge is 2.39. The average molecular weight is 466 g/mol. The van der Waals surface area contributed by atoms with Gasteiger partial charge in [-0.2, -0.15) is 13.2 Å². The molecule has 1 atom stereocenters. The molecule has 2 nitrogen and oxygen atoms in total. The summed E-state index contributed by atoms with van der Waals surface area (Å²) in [7, 11) is 0. The SMILES string of the molecule is FC(F)(F)c1ccc(OCCC2CCCCN2CCC2(c3ccc(Cl)cc3)CCC2)cc1. The van der Waals surface area contributed by atoms with Crippen molar-refractivity contribution in [2.45, 2.75) is 69.0 Å². The van der Waals surface area contributed by atoms with Crippen molar-refractivity contribution in [3.8, 4) is 5.75 Å². The van der Waals surface area contributed by atoms with Crippen molar-refractivity contribution >= 4 is 11.6 Å². The van der Waals surface area contributed by atoms with Crippen LogP contribution in [0.3, 0.4) is 0 Å². The fraction of sp³-hybridized carbons (Fsp3) is 0.538. The summed E-state index contributed by atoms with van der Waals surface area (Å²) in [5.74, 6) is 0.497. The minimum atomic E-state index is -4.31. The molecule has 0 N–H and O–H groups in total. The summed E-state index contributed by atoms with van der Waals surface area (Å²) >= 11 is 6.09. The van der Waals surface area contributed by atoms with Gasteiger partial charge in [0.2, 0.25) is 0 Å². The summed E-state index contributed by atoms with van der Waals surface area (Å²) in [5.41, 5.74) is 1.05. The second-order valence-corrected chi connectivity index (χ2v) is 9.67. The second-order valence-electron chi connectivity index (χ2n) is 9.24. The first-order valence-electron chi connectivity index (χ1n) is 11.7. The Balaban J connectivity index is 1.29. The maximum Gasteiger partial charge on any atom is 0.416 e. The number of halogens is 4. The average Bonchev–Trinajstić information content (AvgIpc) is 2.75. The minimum absolute atomic E-state index is 0.281.